The summed E-state index contributed by atoms with van der Waals surface area (Å²) in [7, 11) is 0. The van der Waals surface area contributed by atoms with Crippen molar-refractivity contribution in [3.63, 3.8) is 0 Å². The predicted molar refractivity (Wildman–Crippen MR) is 173 cm³/mol. The van der Waals surface area contributed by atoms with Gasteiger partial charge < -0.3 is 19.3 Å². The molecule has 0 saturated carbocycles. The Balaban J connectivity index is 4.88. The molecule has 0 N–H and O–H groups in total. The van der Waals surface area contributed by atoms with E-state index in [0.717, 1.165) is 84.0 Å². The summed E-state index contributed by atoms with van der Waals surface area (Å²) >= 11 is 0. The van der Waals surface area contributed by atoms with E-state index in [1.54, 1.807) is 12.2 Å². The quantitative estimate of drug-likeness (QED) is 0.0489. The van der Waals surface area contributed by atoms with E-state index < -0.39 is 11.9 Å². The van der Waals surface area contributed by atoms with E-state index in [2.05, 4.69) is 37.5 Å². The number of rotatable bonds is 24. The van der Waals surface area contributed by atoms with Crippen molar-refractivity contribution in [2.75, 3.05) is 39.4 Å². The van der Waals surface area contributed by atoms with Crippen molar-refractivity contribution < 1.29 is 19.1 Å². The Morgan fingerprint density at radius 1 is 0.674 bits per heavy atom. The van der Waals surface area contributed by atoms with E-state index in [4.69, 9.17) is 9.47 Å². The maximum Gasteiger partial charge on any atom is 0.348 e. The third-order valence-corrected chi connectivity index (χ3v) is 7.49. The van der Waals surface area contributed by atoms with Gasteiger partial charge in [-0.1, -0.05) is 66.2 Å². The van der Waals surface area contributed by atoms with Crippen molar-refractivity contribution >= 4 is 11.9 Å². The summed E-state index contributed by atoms with van der Waals surface area (Å²) in [5.41, 5.74) is -0.00872. The van der Waals surface area contributed by atoms with Gasteiger partial charge in [0.15, 0.2) is 0 Å². The second-order valence-corrected chi connectivity index (χ2v) is 10.7. The van der Waals surface area contributed by atoms with Crippen LogP contribution in [0.3, 0.4) is 0 Å². The molecule has 8 heteroatoms. The monoisotopic (exact) mass is 596 g/mol. The Hall–Kier alpha value is -3.52. The van der Waals surface area contributed by atoms with Crippen molar-refractivity contribution in [2.24, 2.45) is 11.8 Å². The molecule has 0 aliphatic heterocycles. The number of hydrogen-bond acceptors (Lipinski definition) is 8. The predicted octanol–water partition coefficient (Wildman–Crippen LogP) is 7.47. The van der Waals surface area contributed by atoms with Crippen molar-refractivity contribution in [1.29, 1.82) is 10.5 Å². The molecule has 8 nitrogen and oxygen atoms in total. The molecular weight excluding hydrogens is 540 g/mol. The van der Waals surface area contributed by atoms with Crippen molar-refractivity contribution in [3.05, 3.63) is 47.9 Å². The van der Waals surface area contributed by atoms with Crippen LogP contribution in [0.5, 0.6) is 0 Å². The minimum atomic E-state index is -0.575. The van der Waals surface area contributed by atoms with E-state index in [0.29, 0.717) is 25.0 Å². The standard InChI is InChI=1S/C35H56N4O4/c1-7-13-18-30(9-3)28-42-34(40)32(26-36)20-15-22-38(11-5)24-17-25-39(12-6)23-16-21-33(27-37)35(41)43-29-31(10-4)19-14-8-2/h15-16,20-23,30-31H,7-14,17-19,24-25,28-29H2,1-6H3/b22-15+,23-16+,32-20+,33-21+. The molecule has 0 aromatic rings. The van der Waals surface area contributed by atoms with E-state index in [-0.39, 0.29) is 11.1 Å². The first-order valence-corrected chi connectivity index (χ1v) is 16.2. The fraction of sp³-hybridized carbons (Fsp3) is 0.657. The van der Waals surface area contributed by atoms with Crippen LogP contribution in [0.25, 0.3) is 0 Å². The van der Waals surface area contributed by atoms with Gasteiger partial charge in [0.1, 0.15) is 23.3 Å². The van der Waals surface area contributed by atoms with Gasteiger partial charge in [-0.05, 0) is 81.6 Å². The Kier molecular flexibility index (Phi) is 24.0. The Morgan fingerprint density at radius 2 is 1.07 bits per heavy atom. The number of ether oxygens (including phenoxy) is 2. The smallest absolute Gasteiger partial charge is 0.348 e. The molecule has 0 aromatic carbocycles. The molecule has 0 aromatic heterocycles. The molecule has 0 fully saturated rings. The molecule has 43 heavy (non-hydrogen) atoms. The number of nitriles is 2. The number of nitrogens with zero attached hydrogens (tertiary/aromatic N) is 4. The highest BCUT2D eigenvalue weighted by Gasteiger charge is 2.15. The maximum atomic E-state index is 12.4. The van der Waals surface area contributed by atoms with Gasteiger partial charge in [0.25, 0.3) is 0 Å². The maximum absolute atomic E-state index is 12.4. The summed E-state index contributed by atoms with van der Waals surface area (Å²) < 4.78 is 10.8. The SMILES string of the molecule is CCCCC(CC)COC(=O)/C(C#N)=C/C=C/N(CC)CCCN(/C=C/C=C(\C#N)C(=O)OCC(CC)CCCC)CC. The van der Waals surface area contributed by atoms with Crippen molar-refractivity contribution in [3.8, 4) is 12.1 Å². The molecule has 0 amide bonds. The summed E-state index contributed by atoms with van der Waals surface area (Å²) in [6, 6.07) is 3.91. The molecule has 0 saturated heterocycles. The van der Waals surface area contributed by atoms with Crippen LogP contribution in [-0.2, 0) is 19.1 Å². The van der Waals surface area contributed by atoms with Gasteiger partial charge in [0, 0.05) is 26.2 Å². The van der Waals surface area contributed by atoms with Gasteiger partial charge in [-0.25, -0.2) is 9.59 Å². The van der Waals surface area contributed by atoms with Crippen molar-refractivity contribution in [1.82, 2.24) is 9.80 Å². The Morgan fingerprint density at radius 3 is 1.37 bits per heavy atom. The molecule has 0 rings (SSSR count). The lowest BCUT2D eigenvalue weighted by Crippen LogP contribution is -2.24. The molecular formula is C35H56N4O4. The van der Waals surface area contributed by atoms with Crippen LogP contribution >= 0.6 is 0 Å². The molecule has 240 valence electrons. The summed E-state index contributed by atoms with van der Waals surface area (Å²) in [4.78, 5) is 29.0. The van der Waals surface area contributed by atoms with Crippen LogP contribution in [0.4, 0.5) is 0 Å². The summed E-state index contributed by atoms with van der Waals surface area (Å²) in [5, 5.41) is 18.8. The van der Waals surface area contributed by atoms with Gasteiger partial charge in [0.2, 0.25) is 0 Å². The highest BCUT2D eigenvalue weighted by Crippen LogP contribution is 2.15. The summed E-state index contributed by atoms with van der Waals surface area (Å²) in [5.74, 6) is -0.497. The van der Waals surface area contributed by atoms with Crippen LogP contribution in [0.1, 0.15) is 99.3 Å². The van der Waals surface area contributed by atoms with Gasteiger partial charge in [-0.3, -0.25) is 0 Å². The Labute approximate surface area is 261 Å². The third-order valence-electron chi connectivity index (χ3n) is 7.49. The number of unbranched alkanes of at least 4 members (excludes halogenated alkanes) is 2. The second kappa shape index (κ2) is 26.1. The number of carbonyl (C=O) groups is 2. The lowest BCUT2D eigenvalue weighted by atomic mass is 10.0. The van der Waals surface area contributed by atoms with E-state index >= 15 is 0 Å². The number of carbonyl (C=O) groups excluding carboxylic acids is 2. The van der Waals surface area contributed by atoms with Gasteiger partial charge >= 0.3 is 11.9 Å². The minimum absolute atomic E-state index is 0.00436. The van der Waals surface area contributed by atoms with Crippen molar-refractivity contribution in [2.45, 2.75) is 99.3 Å². The van der Waals surface area contributed by atoms with Gasteiger partial charge in [-0.15, -0.1) is 0 Å². The number of hydrogen-bond donors (Lipinski definition) is 0. The number of allylic oxidation sites excluding steroid dienone is 4. The van der Waals surface area contributed by atoms with Crippen LogP contribution in [0.15, 0.2) is 47.9 Å². The lowest BCUT2D eigenvalue weighted by molar-refractivity contribution is -0.140. The normalized spacial score (nSPS) is 13.4. The third kappa shape index (κ3) is 18.6. The Bertz CT molecular complexity index is 909. The molecule has 2 unspecified atom stereocenters. The fourth-order valence-electron chi connectivity index (χ4n) is 4.32. The van der Waals surface area contributed by atoms with Crippen LogP contribution < -0.4 is 0 Å². The first-order valence-electron chi connectivity index (χ1n) is 16.2. The minimum Gasteiger partial charge on any atom is -0.461 e. The van der Waals surface area contributed by atoms with Gasteiger partial charge in [0.05, 0.1) is 13.2 Å². The van der Waals surface area contributed by atoms with E-state index in [9.17, 15) is 20.1 Å². The first kappa shape index (κ1) is 39.5. The molecule has 0 aliphatic carbocycles. The van der Waals surface area contributed by atoms with E-state index in [1.165, 1.54) is 12.2 Å². The average Bonchev–Trinajstić information content (AvgIpc) is 3.03. The zero-order valence-electron chi connectivity index (χ0n) is 27.6. The molecule has 0 radical (unpaired) electrons. The zero-order valence-corrected chi connectivity index (χ0v) is 27.6. The van der Waals surface area contributed by atoms with Gasteiger partial charge in [-0.2, -0.15) is 10.5 Å². The molecule has 0 heterocycles. The largest absolute Gasteiger partial charge is 0.461 e. The highest BCUT2D eigenvalue weighted by molar-refractivity contribution is 5.93. The van der Waals surface area contributed by atoms with Crippen LogP contribution in [0.2, 0.25) is 0 Å². The first-order chi connectivity index (χ1) is 20.8. The topological polar surface area (TPSA) is 107 Å². The molecule has 0 bridgehead atoms. The lowest BCUT2D eigenvalue weighted by Gasteiger charge is -2.22. The number of esters is 2. The fourth-order valence-corrected chi connectivity index (χ4v) is 4.32. The second-order valence-electron chi connectivity index (χ2n) is 10.7. The van der Waals surface area contributed by atoms with Crippen LogP contribution in [-0.4, -0.2) is 61.1 Å². The molecule has 2 atom stereocenters. The average molecular weight is 597 g/mol. The molecule has 0 spiro atoms. The molecule has 0 aliphatic rings. The highest BCUT2D eigenvalue weighted by atomic mass is 16.5. The summed E-state index contributed by atoms with van der Waals surface area (Å²) in [6.45, 7) is 16.4. The summed E-state index contributed by atoms with van der Waals surface area (Å²) in [6.07, 6.45) is 19.4. The van der Waals surface area contributed by atoms with Crippen LogP contribution in [0, 0.1) is 34.5 Å². The van der Waals surface area contributed by atoms with E-state index in [1.807, 2.05) is 38.4 Å². The zero-order chi connectivity index (χ0) is 32.3.